The van der Waals surface area contributed by atoms with Crippen LogP contribution in [-0.2, 0) is 0 Å². The first kappa shape index (κ1) is 9.07. The molecule has 0 N–H and O–H groups in total. The van der Waals surface area contributed by atoms with Gasteiger partial charge in [0.25, 0.3) is 0 Å². The molecule has 0 heterocycles. The molecule has 0 fully saturated rings. The molecule has 0 radical (unpaired) electrons. The normalized spacial score (nSPS) is 18.4. The summed E-state index contributed by atoms with van der Waals surface area (Å²) in [5.41, 5.74) is 1.37. The van der Waals surface area contributed by atoms with Crippen LogP contribution in [0.1, 0.15) is 19.3 Å². The molecule has 1 nitrogen and oxygen atoms in total. The van der Waals surface area contributed by atoms with Crippen molar-refractivity contribution in [1.82, 2.24) is 0 Å². The molecule has 1 aliphatic rings. The average molecular weight is 186 g/mol. The Kier molecular flexibility index (Phi) is 3.02. The zero-order valence-corrected chi connectivity index (χ0v) is 8.15. The van der Waals surface area contributed by atoms with Gasteiger partial charge in [-0.1, -0.05) is 30.4 Å². The maximum absolute atomic E-state index is 5.55. The Bertz CT molecular complexity index is 336. The minimum Gasteiger partial charge on any atom is -0.465 e. The summed E-state index contributed by atoms with van der Waals surface area (Å²) in [6.45, 7) is 0. The number of allylic oxidation sites excluding steroid dienone is 3. The molecule has 0 aromatic heterocycles. The zero-order valence-electron chi connectivity index (χ0n) is 8.15. The van der Waals surface area contributed by atoms with Gasteiger partial charge in [-0.25, -0.2) is 0 Å². The summed E-state index contributed by atoms with van der Waals surface area (Å²) in [5.74, 6) is 0.912. The topological polar surface area (TPSA) is 9.23 Å². The van der Waals surface area contributed by atoms with Crippen LogP contribution in [0.5, 0.6) is 5.75 Å². The minimum absolute atomic E-state index is 0.912. The van der Waals surface area contributed by atoms with Gasteiger partial charge in [0, 0.05) is 0 Å². The van der Waals surface area contributed by atoms with Gasteiger partial charge in [-0.05, 0) is 37.0 Å². The summed E-state index contributed by atoms with van der Waals surface area (Å²) in [6, 6.07) is 9.89. The Morgan fingerprint density at radius 1 is 1.07 bits per heavy atom. The second kappa shape index (κ2) is 4.66. The van der Waals surface area contributed by atoms with Crippen LogP contribution in [-0.4, -0.2) is 0 Å². The Balaban J connectivity index is 1.96. The Hall–Kier alpha value is -1.50. The highest BCUT2D eigenvalue weighted by Crippen LogP contribution is 2.18. The zero-order chi connectivity index (χ0) is 9.64. The fourth-order valence-electron chi connectivity index (χ4n) is 1.48. The van der Waals surface area contributed by atoms with E-state index in [0.29, 0.717) is 0 Å². The molecule has 1 aliphatic carbocycles. The highest BCUT2D eigenvalue weighted by atomic mass is 16.5. The average Bonchev–Trinajstić information content (AvgIpc) is 2.29. The lowest BCUT2D eigenvalue weighted by Crippen LogP contribution is -1.91. The molecule has 0 spiro atoms. The lowest BCUT2D eigenvalue weighted by Gasteiger charge is -2.08. The van der Waals surface area contributed by atoms with E-state index in [1.165, 1.54) is 5.57 Å². The summed E-state index contributed by atoms with van der Waals surface area (Å²) in [7, 11) is 0. The van der Waals surface area contributed by atoms with Crippen molar-refractivity contribution >= 4 is 0 Å². The first-order valence-electron chi connectivity index (χ1n) is 5.00. The fraction of sp³-hybridized carbons (Fsp3) is 0.231. The quantitative estimate of drug-likeness (QED) is 0.505. The number of ether oxygens (including phenoxy) is 1. The molecule has 1 aromatic rings. The second-order valence-corrected chi connectivity index (χ2v) is 3.42. The van der Waals surface area contributed by atoms with Crippen LogP contribution in [0.2, 0.25) is 0 Å². The minimum atomic E-state index is 0.912. The summed E-state index contributed by atoms with van der Waals surface area (Å²) in [5, 5.41) is 0. The van der Waals surface area contributed by atoms with E-state index in [1.807, 2.05) is 36.6 Å². The Morgan fingerprint density at radius 3 is 2.64 bits per heavy atom. The number of rotatable bonds is 2. The lowest BCUT2D eigenvalue weighted by molar-refractivity contribution is 0.471. The van der Waals surface area contributed by atoms with Crippen molar-refractivity contribution < 1.29 is 4.74 Å². The van der Waals surface area contributed by atoms with Gasteiger partial charge in [0.1, 0.15) is 5.75 Å². The van der Waals surface area contributed by atoms with Gasteiger partial charge in [-0.3, -0.25) is 0 Å². The van der Waals surface area contributed by atoms with Crippen LogP contribution in [0.4, 0.5) is 0 Å². The smallest absolute Gasteiger partial charge is 0.126 e. The first-order chi connectivity index (χ1) is 6.95. The van der Waals surface area contributed by atoms with Crippen LogP contribution in [0.25, 0.3) is 0 Å². The highest BCUT2D eigenvalue weighted by Gasteiger charge is 1.99. The van der Waals surface area contributed by atoms with Gasteiger partial charge in [-0.15, -0.1) is 0 Å². The molecule has 14 heavy (non-hydrogen) atoms. The van der Waals surface area contributed by atoms with Gasteiger partial charge in [0.15, 0.2) is 0 Å². The summed E-state index contributed by atoms with van der Waals surface area (Å²) in [6.07, 6.45) is 9.61. The van der Waals surface area contributed by atoms with Gasteiger partial charge < -0.3 is 4.74 Å². The van der Waals surface area contributed by atoms with Crippen molar-refractivity contribution in [2.75, 3.05) is 0 Å². The molecule has 0 bridgehead atoms. The molecule has 0 atom stereocenters. The first-order valence-corrected chi connectivity index (χ1v) is 5.00. The van der Waals surface area contributed by atoms with Gasteiger partial charge in [0.05, 0.1) is 6.26 Å². The van der Waals surface area contributed by atoms with E-state index in [1.54, 1.807) is 0 Å². The third-order valence-corrected chi connectivity index (χ3v) is 2.28. The Labute approximate surface area is 84.7 Å². The van der Waals surface area contributed by atoms with Crippen LogP contribution in [0.3, 0.4) is 0 Å². The second-order valence-electron chi connectivity index (χ2n) is 3.42. The standard InChI is InChI=1S/C13H14O/c1-3-7-12(8-4-1)11-14-13-9-5-2-6-10-13/h1-3,5-6,9-11H,4,7-8H2. The summed E-state index contributed by atoms with van der Waals surface area (Å²) in [4.78, 5) is 0. The predicted molar refractivity (Wildman–Crippen MR) is 58.1 cm³/mol. The Morgan fingerprint density at radius 2 is 1.93 bits per heavy atom. The number of hydrogen-bond donors (Lipinski definition) is 0. The van der Waals surface area contributed by atoms with Crippen LogP contribution < -0.4 is 4.74 Å². The van der Waals surface area contributed by atoms with E-state index in [0.717, 1.165) is 25.0 Å². The van der Waals surface area contributed by atoms with Crippen molar-refractivity contribution in [2.24, 2.45) is 0 Å². The molecule has 0 amide bonds. The maximum Gasteiger partial charge on any atom is 0.126 e. The molecule has 2 rings (SSSR count). The molecule has 1 aromatic carbocycles. The number of benzene rings is 1. The number of para-hydroxylation sites is 1. The third-order valence-electron chi connectivity index (χ3n) is 2.28. The molecular weight excluding hydrogens is 172 g/mol. The van der Waals surface area contributed by atoms with E-state index in [-0.39, 0.29) is 0 Å². The molecule has 0 saturated heterocycles. The number of hydrogen-bond acceptors (Lipinski definition) is 1. The summed E-state index contributed by atoms with van der Waals surface area (Å²) >= 11 is 0. The molecule has 0 aliphatic heterocycles. The molecule has 0 unspecified atom stereocenters. The van der Waals surface area contributed by atoms with Crippen molar-refractivity contribution in [3.63, 3.8) is 0 Å². The van der Waals surface area contributed by atoms with Gasteiger partial charge in [0.2, 0.25) is 0 Å². The highest BCUT2D eigenvalue weighted by molar-refractivity contribution is 5.23. The largest absolute Gasteiger partial charge is 0.465 e. The van der Waals surface area contributed by atoms with Crippen LogP contribution in [0, 0.1) is 0 Å². The summed E-state index contributed by atoms with van der Waals surface area (Å²) < 4.78 is 5.55. The third kappa shape index (κ3) is 2.49. The predicted octanol–water partition coefficient (Wildman–Crippen LogP) is 3.69. The van der Waals surface area contributed by atoms with Crippen molar-refractivity contribution in [2.45, 2.75) is 19.3 Å². The molecule has 72 valence electrons. The van der Waals surface area contributed by atoms with Crippen molar-refractivity contribution in [3.8, 4) is 5.75 Å². The monoisotopic (exact) mass is 186 g/mol. The van der Waals surface area contributed by atoms with E-state index in [4.69, 9.17) is 4.74 Å². The van der Waals surface area contributed by atoms with E-state index in [9.17, 15) is 0 Å². The molecule has 1 heteroatoms. The van der Waals surface area contributed by atoms with Crippen LogP contribution in [0.15, 0.2) is 54.3 Å². The van der Waals surface area contributed by atoms with E-state index < -0.39 is 0 Å². The maximum atomic E-state index is 5.55. The fourth-order valence-corrected chi connectivity index (χ4v) is 1.48. The lowest BCUT2D eigenvalue weighted by atomic mass is 10.0. The molecule has 0 saturated carbocycles. The molecular formula is C13H14O. The van der Waals surface area contributed by atoms with Crippen molar-refractivity contribution in [1.29, 1.82) is 0 Å². The van der Waals surface area contributed by atoms with E-state index >= 15 is 0 Å². The van der Waals surface area contributed by atoms with Gasteiger partial charge >= 0.3 is 0 Å². The SMILES string of the molecule is C1=CCC(=COc2ccccc2)CC1. The van der Waals surface area contributed by atoms with Crippen LogP contribution >= 0.6 is 0 Å². The van der Waals surface area contributed by atoms with Crippen molar-refractivity contribution in [3.05, 3.63) is 54.3 Å². The van der Waals surface area contributed by atoms with E-state index in [2.05, 4.69) is 12.2 Å². The van der Waals surface area contributed by atoms with Gasteiger partial charge in [-0.2, -0.15) is 0 Å².